The number of nitrogens with one attached hydrogen (secondary N) is 1. The first-order chi connectivity index (χ1) is 19.8. The Hall–Kier alpha value is -4.32. The molecular formula is C31H33N3O8. The number of hydrogen-bond acceptors (Lipinski definition) is 10. The molecule has 4 atom stereocenters. The molecule has 2 aromatic carbocycles. The normalized spacial score (nSPS) is 25.2. The first-order valence-corrected chi connectivity index (χ1v) is 13.6. The number of allylic oxidation sites excluding steroid dienone is 1. The highest BCUT2D eigenvalue weighted by Gasteiger charge is 2.63. The monoisotopic (exact) mass is 575 g/mol. The molecule has 5 rings (SSSR count). The number of amides is 1. The summed E-state index contributed by atoms with van der Waals surface area (Å²) >= 11 is 0. The first-order valence-electron chi connectivity index (χ1n) is 13.6. The number of rotatable bonds is 6. The lowest BCUT2D eigenvalue weighted by atomic mass is 9.58. The van der Waals surface area contributed by atoms with E-state index in [1.165, 1.54) is 6.07 Å². The summed E-state index contributed by atoms with van der Waals surface area (Å²) in [6.45, 7) is 1.66. The Balaban J connectivity index is 1.66. The van der Waals surface area contributed by atoms with Gasteiger partial charge in [-0.25, -0.2) is 0 Å². The SMILES string of the molecule is CC(=O)C1=C(O)[C@@H](N(C)C)[C@@H]2C[C@@H]3Cc4c(-c5cccc(C(=O)NCCN)c5)ccc(O)c4C(=O)C3=C(O)[C@]2(O)C1=O. The summed E-state index contributed by atoms with van der Waals surface area (Å²) < 4.78 is 0. The van der Waals surface area contributed by atoms with Crippen LogP contribution < -0.4 is 11.1 Å². The molecular weight excluding hydrogens is 542 g/mol. The number of benzene rings is 2. The highest BCUT2D eigenvalue weighted by Crippen LogP contribution is 2.53. The number of carbonyl (C=O) groups is 4. The molecule has 220 valence electrons. The number of phenols is 1. The van der Waals surface area contributed by atoms with E-state index in [9.17, 15) is 39.6 Å². The number of Topliss-reactive ketones (excluding diaryl/α,β-unsaturated/α-hetero) is 3. The van der Waals surface area contributed by atoms with Crippen LogP contribution in [0.25, 0.3) is 11.1 Å². The molecule has 0 saturated carbocycles. The van der Waals surface area contributed by atoms with Gasteiger partial charge in [0.2, 0.25) is 5.78 Å². The van der Waals surface area contributed by atoms with Crippen LogP contribution in [0.5, 0.6) is 5.75 Å². The molecule has 3 aliphatic carbocycles. The van der Waals surface area contributed by atoms with Crippen LogP contribution in [0.3, 0.4) is 0 Å². The minimum atomic E-state index is -2.63. The van der Waals surface area contributed by atoms with E-state index in [1.54, 1.807) is 49.3 Å². The molecule has 0 aliphatic heterocycles. The predicted molar refractivity (Wildman–Crippen MR) is 152 cm³/mol. The lowest BCUT2D eigenvalue weighted by Gasteiger charge is -2.50. The highest BCUT2D eigenvalue weighted by atomic mass is 16.3. The van der Waals surface area contributed by atoms with E-state index in [0.29, 0.717) is 28.8 Å². The lowest BCUT2D eigenvalue weighted by molar-refractivity contribution is -0.148. The minimum Gasteiger partial charge on any atom is -0.510 e. The number of phenolic OH excluding ortho intramolecular Hbond substituents is 1. The van der Waals surface area contributed by atoms with Crippen LogP contribution >= 0.6 is 0 Å². The Morgan fingerprint density at radius 1 is 1.12 bits per heavy atom. The van der Waals surface area contributed by atoms with Crippen molar-refractivity contribution in [1.82, 2.24) is 10.2 Å². The second-order valence-electron chi connectivity index (χ2n) is 11.3. The maximum atomic E-state index is 14.0. The predicted octanol–water partition coefficient (Wildman–Crippen LogP) is 1.58. The average molecular weight is 576 g/mol. The van der Waals surface area contributed by atoms with E-state index in [4.69, 9.17) is 5.73 Å². The standard InChI is InChI=1S/C31H33N3O8/c1-14(35)22-27(38)25(34(2)3)20-13-17-12-19-18(15-5-4-6-16(11-15)30(41)33-10-9-32)7-8-21(36)24(19)26(37)23(17)29(40)31(20,42)28(22)39/h4-8,11,17,20,25,36,38,40,42H,9-10,12-13,32H2,1-3H3,(H,33,41)/t17-,20-,25-,31+/m0/s1. The molecule has 0 heterocycles. The van der Waals surface area contributed by atoms with Crippen LogP contribution in [0.15, 0.2) is 59.1 Å². The molecule has 0 fully saturated rings. The maximum absolute atomic E-state index is 14.0. The number of aliphatic hydroxyl groups excluding tert-OH is 2. The second-order valence-corrected chi connectivity index (χ2v) is 11.3. The van der Waals surface area contributed by atoms with Crippen molar-refractivity contribution in [3.05, 3.63) is 75.8 Å². The number of aliphatic hydroxyl groups is 3. The summed E-state index contributed by atoms with van der Waals surface area (Å²) in [4.78, 5) is 53.9. The van der Waals surface area contributed by atoms with Gasteiger partial charge in [0.25, 0.3) is 5.91 Å². The van der Waals surface area contributed by atoms with E-state index in [2.05, 4.69) is 5.32 Å². The summed E-state index contributed by atoms with van der Waals surface area (Å²) in [5.74, 6) is -6.49. The third-order valence-corrected chi connectivity index (χ3v) is 8.58. The number of likely N-dealkylation sites (N-methyl/N-ethyl adjacent to an activating group) is 1. The zero-order valence-corrected chi connectivity index (χ0v) is 23.5. The number of nitrogens with zero attached hydrogens (tertiary/aromatic N) is 1. The first kappa shape index (κ1) is 29.2. The molecule has 0 radical (unpaired) electrons. The van der Waals surface area contributed by atoms with Crippen LogP contribution in [0, 0.1) is 11.8 Å². The lowest BCUT2D eigenvalue weighted by Crippen LogP contribution is -2.63. The fourth-order valence-corrected chi connectivity index (χ4v) is 6.74. The van der Waals surface area contributed by atoms with Crippen molar-refractivity contribution in [2.24, 2.45) is 17.6 Å². The van der Waals surface area contributed by atoms with Gasteiger partial charge < -0.3 is 31.5 Å². The van der Waals surface area contributed by atoms with Crippen molar-refractivity contribution in [3.63, 3.8) is 0 Å². The fourth-order valence-electron chi connectivity index (χ4n) is 6.74. The Morgan fingerprint density at radius 2 is 1.83 bits per heavy atom. The molecule has 1 amide bonds. The molecule has 11 nitrogen and oxygen atoms in total. The average Bonchev–Trinajstić information content (AvgIpc) is 2.93. The zero-order valence-electron chi connectivity index (χ0n) is 23.5. The Morgan fingerprint density at radius 3 is 2.48 bits per heavy atom. The van der Waals surface area contributed by atoms with Crippen LogP contribution in [-0.2, 0) is 16.0 Å². The van der Waals surface area contributed by atoms with E-state index in [0.717, 1.165) is 6.92 Å². The molecule has 3 aliphatic rings. The molecule has 0 unspecified atom stereocenters. The van der Waals surface area contributed by atoms with Gasteiger partial charge in [-0.2, -0.15) is 0 Å². The van der Waals surface area contributed by atoms with Gasteiger partial charge in [-0.05, 0) is 74.7 Å². The highest BCUT2D eigenvalue weighted by molar-refractivity contribution is 6.25. The van der Waals surface area contributed by atoms with Crippen LogP contribution in [-0.4, -0.2) is 87.4 Å². The zero-order chi connectivity index (χ0) is 30.7. The van der Waals surface area contributed by atoms with Crippen molar-refractivity contribution >= 4 is 23.3 Å². The summed E-state index contributed by atoms with van der Waals surface area (Å²) in [5.41, 5.74) is 4.03. The topological polar surface area (TPSA) is 190 Å². The van der Waals surface area contributed by atoms with E-state index < -0.39 is 57.9 Å². The molecule has 0 saturated heterocycles. The summed E-state index contributed by atoms with van der Waals surface area (Å²) in [6, 6.07) is 8.77. The minimum absolute atomic E-state index is 0.0154. The van der Waals surface area contributed by atoms with E-state index in [1.807, 2.05) is 0 Å². The Bertz CT molecular complexity index is 1610. The molecule has 42 heavy (non-hydrogen) atoms. The van der Waals surface area contributed by atoms with Crippen LogP contribution in [0.4, 0.5) is 0 Å². The van der Waals surface area contributed by atoms with Gasteiger partial charge in [0.1, 0.15) is 22.8 Å². The quantitative estimate of drug-likeness (QED) is 0.276. The number of aromatic hydroxyl groups is 1. The van der Waals surface area contributed by atoms with Crippen molar-refractivity contribution in [3.8, 4) is 16.9 Å². The largest absolute Gasteiger partial charge is 0.510 e. The third kappa shape index (κ3) is 4.23. The molecule has 0 bridgehead atoms. The van der Waals surface area contributed by atoms with Gasteiger partial charge in [0.15, 0.2) is 17.2 Å². The number of ketones is 3. The molecule has 0 spiro atoms. The molecule has 11 heteroatoms. The molecule has 7 N–H and O–H groups in total. The number of hydrogen-bond donors (Lipinski definition) is 6. The van der Waals surface area contributed by atoms with Crippen molar-refractivity contribution in [2.75, 3.05) is 27.2 Å². The second kappa shape index (κ2) is 10.5. The van der Waals surface area contributed by atoms with Crippen molar-refractivity contribution < 1.29 is 39.6 Å². The summed E-state index contributed by atoms with van der Waals surface area (Å²) in [6.07, 6.45) is 0.167. The smallest absolute Gasteiger partial charge is 0.251 e. The van der Waals surface area contributed by atoms with Gasteiger partial charge >= 0.3 is 0 Å². The van der Waals surface area contributed by atoms with E-state index in [-0.39, 0.29) is 42.2 Å². The maximum Gasteiger partial charge on any atom is 0.251 e. The Kier molecular flexibility index (Phi) is 7.30. The van der Waals surface area contributed by atoms with Gasteiger partial charge in [0, 0.05) is 30.1 Å². The Labute approximate surface area is 241 Å². The van der Waals surface area contributed by atoms with Gasteiger partial charge in [-0.15, -0.1) is 0 Å². The van der Waals surface area contributed by atoms with Gasteiger partial charge in [-0.1, -0.05) is 18.2 Å². The van der Waals surface area contributed by atoms with Gasteiger partial charge in [-0.3, -0.25) is 24.1 Å². The fraction of sp³-hybridized carbons (Fsp3) is 0.355. The van der Waals surface area contributed by atoms with Crippen LogP contribution in [0.2, 0.25) is 0 Å². The molecule has 0 aromatic heterocycles. The summed E-state index contributed by atoms with van der Waals surface area (Å²) in [7, 11) is 3.22. The van der Waals surface area contributed by atoms with Crippen molar-refractivity contribution in [1.29, 1.82) is 0 Å². The number of carbonyl (C=O) groups excluding carboxylic acids is 4. The third-order valence-electron chi connectivity index (χ3n) is 8.58. The van der Waals surface area contributed by atoms with Crippen LogP contribution in [0.1, 0.15) is 39.6 Å². The van der Waals surface area contributed by atoms with Gasteiger partial charge in [0.05, 0.1) is 11.6 Å². The number of nitrogens with two attached hydrogens (primary N) is 1. The molecule has 2 aromatic rings. The van der Waals surface area contributed by atoms with E-state index >= 15 is 0 Å². The number of fused-ring (bicyclic) bond motifs is 3. The summed E-state index contributed by atoms with van der Waals surface area (Å²) in [5, 5.41) is 47.8. The van der Waals surface area contributed by atoms with Crippen molar-refractivity contribution in [2.45, 2.75) is 31.4 Å².